The molecule has 0 atom stereocenters. The van der Waals surface area contributed by atoms with Gasteiger partial charge in [0.25, 0.3) is 0 Å². The number of allylic oxidation sites excluding steroid dienone is 1. The Bertz CT molecular complexity index is 1130. The number of sulfonamides is 1. The summed E-state index contributed by atoms with van der Waals surface area (Å²) in [4.78, 5) is 4.76. The molecule has 9 heteroatoms. The van der Waals surface area contributed by atoms with E-state index in [4.69, 9.17) is 5.73 Å². The van der Waals surface area contributed by atoms with Gasteiger partial charge in [0.15, 0.2) is 0 Å². The van der Waals surface area contributed by atoms with Crippen LogP contribution < -0.4 is 10.5 Å². The van der Waals surface area contributed by atoms with Crippen molar-refractivity contribution in [1.82, 2.24) is 14.3 Å². The smallest absolute Gasteiger partial charge is 0.240 e. The van der Waals surface area contributed by atoms with Gasteiger partial charge in [-0.15, -0.1) is 12.4 Å². The van der Waals surface area contributed by atoms with Crippen molar-refractivity contribution in [1.29, 1.82) is 0 Å². The first-order chi connectivity index (χ1) is 12.9. The maximum atomic E-state index is 14.0. The largest absolute Gasteiger partial charge is 0.327 e. The summed E-state index contributed by atoms with van der Waals surface area (Å²) in [6.07, 6.45) is 1.33. The van der Waals surface area contributed by atoms with E-state index in [2.05, 4.69) is 9.71 Å². The van der Waals surface area contributed by atoms with E-state index in [1.807, 2.05) is 24.3 Å². The molecule has 0 aliphatic heterocycles. The minimum absolute atomic E-state index is 0. The first kappa shape index (κ1) is 22.0. The summed E-state index contributed by atoms with van der Waals surface area (Å²) in [6.45, 7) is 1.99. The molecular weight excluding hydrogens is 403 g/mol. The van der Waals surface area contributed by atoms with Crippen LogP contribution in [0.1, 0.15) is 5.82 Å². The fourth-order valence-corrected chi connectivity index (χ4v) is 3.76. The lowest BCUT2D eigenvalue weighted by atomic mass is 10.0. The van der Waals surface area contributed by atoms with Gasteiger partial charge in [-0.05, 0) is 43.8 Å². The number of rotatable bonds is 6. The molecule has 2 aromatic carbocycles. The van der Waals surface area contributed by atoms with Crippen LogP contribution >= 0.6 is 12.4 Å². The van der Waals surface area contributed by atoms with Crippen LogP contribution in [0.15, 0.2) is 59.3 Å². The number of nitrogens with two attached hydrogens (primary N) is 1. The Hall–Kier alpha value is -2.26. The number of benzene rings is 2. The van der Waals surface area contributed by atoms with E-state index < -0.39 is 10.0 Å². The van der Waals surface area contributed by atoms with Crippen molar-refractivity contribution in [2.75, 3.05) is 13.6 Å². The van der Waals surface area contributed by atoms with Crippen LogP contribution in [-0.4, -0.2) is 31.6 Å². The highest BCUT2D eigenvalue weighted by molar-refractivity contribution is 7.89. The molecule has 150 valence electrons. The molecule has 0 unspecified atom stereocenters. The zero-order valence-corrected chi connectivity index (χ0v) is 17.1. The van der Waals surface area contributed by atoms with E-state index in [9.17, 15) is 12.8 Å². The second-order valence-electron chi connectivity index (χ2n) is 6.04. The molecule has 1 heterocycles. The van der Waals surface area contributed by atoms with Crippen LogP contribution in [-0.2, 0) is 16.6 Å². The first-order valence-corrected chi connectivity index (χ1v) is 9.90. The topological polar surface area (TPSA) is 90.0 Å². The first-order valence-electron chi connectivity index (χ1n) is 8.42. The van der Waals surface area contributed by atoms with Crippen LogP contribution in [0.25, 0.3) is 22.2 Å². The molecule has 0 amide bonds. The monoisotopic (exact) mass is 424 g/mol. The van der Waals surface area contributed by atoms with Gasteiger partial charge in [0.05, 0.1) is 22.5 Å². The molecule has 0 radical (unpaired) electrons. The Morgan fingerprint density at radius 3 is 2.68 bits per heavy atom. The van der Waals surface area contributed by atoms with Crippen LogP contribution in [0.4, 0.5) is 4.39 Å². The predicted molar refractivity (Wildman–Crippen MR) is 112 cm³/mol. The number of hydrogen-bond acceptors (Lipinski definition) is 4. The van der Waals surface area contributed by atoms with Crippen LogP contribution in [0.5, 0.6) is 0 Å². The molecule has 28 heavy (non-hydrogen) atoms. The van der Waals surface area contributed by atoms with E-state index in [1.54, 1.807) is 23.6 Å². The summed E-state index contributed by atoms with van der Waals surface area (Å²) < 4.78 is 42.3. The molecule has 0 aliphatic carbocycles. The number of aromatic nitrogens is 2. The Kier molecular flexibility index (Phi) is 6.95. The molecule has 3 rings (SSSR count). The SMILES string of the molecule is CNS(=O)(=O)c1cccc(-c2cccc3c2nc(C)n3C/C(F)=C/CN)c1.Cl. The molecule has 3 N–H and O–H groups in total. The number of imidazole rings is 1. The van der Waals surface area contributed by atoms with Gasteiger partial charge >= 0.3 is 0 Å². The summed E-state index contributed by atoms with van der Waals surface area (Å²) in [6, 6.07) is 12.2. The molecule has 0 bridgehead atoms. The predicted octanol–water partition coefficient (Wildman–Crippen LogP) is 3.15. The average molecular weight is 425 g/mol. The second kappa shape index (κ2) is 8.83. The van der Waals surface area contributed by atoms with Gasteiger partial charge < -0.3 is 10.3 Å². The van der Waals surface area contributed by atoms with Crippen molar-refractivity contribution >= 4 is 33.5 Å². The van der Waals surface area contributed by atoms with Crippen molar-refractivity contribution < 1.29 is 12.8 Å². The van der Waals surface area contributed by atoms with E-state index >= 15 is 0 Å². The summed E-state index contributed by atoms with van der Waals surface area (Å²) in [5.41, 5.74) is 8.34. The number of hydrogen-bond donors (Lipinski definition) is 2. The normalized spacial score (nSPS) is 12.2. The summed E-state index contributed by atoms with van der Waals surface area (Å²) >= 11 is 0. The number of fused-ring (bicyclic) bond motifs is 1. The van der Waals surface area contributed by atoms with Crippen LogP contribution in [0.3, 0.4) is 0 Å². The lowest BCUT2D eigenvalue weighted by Crippen LogP contribution is -2.18. The molecule has 6 nitrogen and oxygen atoms in total. The maximum absolute atomic E-state index is 14.0. The fourth-order valence-electron chi connectivity index (χ4n) is 2.99. The van der Waals surface area contributed by atoms with Crippen LogP contribution in [0.2, 0.25) is 0 Å². The average Bonchev–Trinajstić information content (AvgIpc) is 2.97. The van der Waals surface area contributed by atoms with Gasteiger partial charge in [0.1, 0.15) is 11.7 Å². The highest BCUT2D eigenvalue weighted by Gasteiger charge is 2.16. The lowest BCUT2D eigenvalue weighted by Gasteiger charge is -2.08. The Morgan fingerprint density at radius 1 is 1.29 bits per heavy atom. The summed E-state index contributed by atoms with van der Waals surface area (Å²) in [7, 11) is -2.18. The molecule has 0 saturated heterocycles. The molecule has 0 fully saturated rings. The quantitative estimate of drug-likeness (QED) is 0.636. The van der Waals surface area contributed by atoms with Gasteiger partial charge in [-0.1, -0.05) is 24.3 Å². The highest BCUT2D eigenvalue weighted by atomic mass is 35.5. The maximum Gasteiger partial charge on any atom is 0.240 e. The van der Waals surface area contributed by atoms with E-state index in [1.165, 1.54) is 19.2 Å². The van der Waals surface area contributed by atoms with Crippen LogP contribution in [0, 0.1) is 6.92 Å². The molecule has 0 aliphatic rings. The molecule has 1 aromatic heterocycles. The molecule has 3 aromatic rings. The minimum atomic E-state index is -3.55. The van der Waals surface area contributed by atoms with E-state index in [-0.39, 0.29) is 36.2 Å². The zero-order valence-electron chi connectivity index (χ0n) is 15.5. The third kappa shape index (κ3) is 4.25. The fraction of sp³-hybridized carbons (Fsp3) is 0.211. The number of para-hydroxylation sites is 1. The minimum Gasteiger partial charge on any atom is -0.327 e. The third-order valence-corrected chi connectivity index (χ3v) is 5.75. The lowest BCUT2D eigenvalue weighted by molar-refractivity contribution is 0.553. The number of aryl methyl sites for hydroxylation is 1. The molecule has 0 saturated carbocycles. The van der Waals surface area contributed by atoms with Gasteiger partial charge in [0, 0.05) is 12.1 Å². The Balaban J connectivity index is 0.00000280. The zero-order chi connectivity index (χ0) is 19.6. The van der Waals surface area contributed by atoms with Gasteiger partial charge in [-0.2, -0.15) is 0 Å². The van der Waals surface area contributed by atoms with Gasteiger partial charge in [0.2, 0.25) is 10.0 Å². The summed E-state index contributed by atoms with van der Waals surface area (Å²) in [5.74, 6) is 0.337. The van der Waals surface area contributed by atoms with Crippen molar-refractivity contribution in [3.05, 3.63) is 60.2 Å². The van der Waals surface area contributed by atoms with Crippen molar-refractivity contribution in [3.8, 4) is 11.1 Å². The number of nitrogens with zero attached hydrogens (tertiary/aromatic N) is 2. The van der Waals surface area contributed by atoms with Gasteiger partial charge in [-0.25, -0.2) is 22.5 Å². The third-order valence-electron chi connectivity index (χ3n) is 4.34. The number of nitrogens with one attached hydrogen (secondary N) is 1. The summed E-state index contributed by atoms with van der Waals surface area (Å²) in [5, 5.41) is 0. The van der Waals surface area contributed by atoms with E-state index in [0.717, 1.165) is 16.6 Å². The molecular formula is C19H22ClFN4O2S. The van der Waals surface area contributed by atoms with Crippen molar-refractivity contribution in [2.45, 2.75) is 18.4 Å². The Morgan fingerprint density at radius 2 is 2.00 bits per heavy atom. The van der Waals surface area contributed by atoms with Crippen molar-refractivity contribution in [2.24, 2.45) is 5.73 Å². The standard InChI is InChI=1S/C19H21FN4O2S.ClH/c1-13-23-19-17(14-5-3-6-16(11-14)27(25,26)22-2)7-4-8-18(19)24(13)12-15(20)9-10-21;/h3-9,11,22H,10,12,21H2,1-2H3;1H/b15-9-;. The Labute approximate surface area is 169 Å². The molecule has 0 spiro atoms. The second-order valence-corrected chi connectivity index (χ2v) is 7.93. The van der Waals surface area contributed by atoms with E-state index in [0.29, 0.717) is 11.3 Å². The van der Waals surface area contributed by atoms with Gasteiger partial charge in [-0.3, -0.25) is 0 Å². The van der Waals surface area contributed by atoms with Crippen molar-refractivity contribution in [3.63, 3.8) is 0 Å². The number of halogens is 2. The highest BCUT2D eigenvalue weighted by Crippen LogP contribution is 2.30.